The van der Waals surface area contributed by atoms with Crippen molar-refractivity contribution in [3.05, 3.63) is 89.5 Å². The van der Waals surface area contributed by atoms with Crippen LogP contribution in [0.2, 0.25) is 0 Å². The first kappa shape index (κ1) is 17.7. The molecule has 3 heteroatoms. The van der Waals surface area contributed by atoms with Gasteiger partial charge in [0.1, 0.15) is 5.82 Å². The standard InChI is InChI=1S/C24H25FN2/c1-24(15-6-5-9-19-7-3-2-4-8-19)16-14-23-20(17-24)18-26-27(23)22-12-10-21(25)11-13-22/h2-4,7-8,10-14,16,18H,5-6,9,15,17H2,1H3. The summed E-state index contributed by atoms with van der Waals surface area (Å²) in [5.74, 6) is -0.224. The first-order valence-corrected chi connectivity index (χ1v) is 9.69. The summed E-state index contributed by atoms with van der Waals surface area (Å²) >= 11 is 0. The van der Waals surface area contributed by atoms with Crippen LogP contribution in [0, 0.1) is 11.2 Å². The molecule has 1 aromatic heterocycles. The van der Waals surface area contributed by atoms with E-state index in [2.05, 4.69) is 54.5 Å². The predicted molar refractivity (Wildman–Crippen MR) is 108 cm³/mol. The van der Waals surface area contributed by atoms with E-state index in [-0.39, 0.29) is 11.2 Å². The van der Waals surface area contributed by atoms with E-state index in [9.17, 15) is 4.39 Å². The number of benzene rings is 2. The summed E-state index contributed by atoms with van der Waals surface area (Å²) in [4.78, 5) is 0. The minimum Gasteiger partial charge on any atom is -0.233 e. The molecule has 0 aliphatic heterocycles. The highest BCUT2D eigenvalue weighted by molar-refractivity contribution is 5.57. The van der Waals surface area contributed by atoms with E-state index in [0.29, 0.717) is 0 Å². The van der Waals surface area contributed by atoms with E-state index < -0.39 is 0 Å². The van der Waals surface area contributed by atoms with Gasteiger partial charge in [0.25, 0.3) is 0 Å². The van der Waals surface area contributed by atoms with Crippen molar-refractivity contribution in [1.29, 1.82) is 0 Å². The number of halogens is 1. The lowest BCUT2D eigenvalue weighted by Gasteiger charge is -2.29. The highest BCUT2D eigenvalue weighted by Gasteiger charge is 2.27. The van der Waals surface area contributed by atoms with Crippen molar-refractivity contribution in [2.45, 2.75) is 39.0 Å². The number of unbranched alkanes of at least 4 members (excludes halogenated alkanes) is 1. The van der Waals surface area contributed by atoms with Crippen LogP contribution >= 0.6 is 0 Å². The SMILES string of the molecule is CC1(CCCCc2ccccc2)C=Cc2c(cnn2-c2ccc(F)cc2)C1. The van der Waals surface area contributed by atoms with Crippen molar-refractivity contribution in [2.24, 2.45) is 5.41 Å². The molecule has 27 heavy (non-hydrogen) atoms. The number of nitrogens with zero attached hydrogens (tertiary/aromatic N) is 2. The fourth-order valence-corrected chi connectivity index (χ4v) is 3.94. The van der Waals surface area contributed by atoms with E-state index in [1.165, 1.54) is 42.5 Å². The van der Waals surface area contributed by atoms with Gasteiger partial charge in [0.05, 0.1) is 17.6 Å². The Kier molecular flexibility index (Phi) is 4.93. The molecule has 0 N–H and O–H groups in total. The van der Waals surface area contributed by atoms with Gasteiger partial charge in [-0.05, 0) is 72.6 Å². The molecule has 3 aromatic rings. The zero-order valence-corrected chi connectivity index (χ0v) is 15.7. The van der Waals surface area contributed by atoms with Gasteiger partial charge in [0, 0.05) is 0 Å². The summed E-state index contributed by atoms with van der Waals surface area (Å²) in [6.07, 6.45) is 12.2. The molecule has 0 bridgehead atoms. The fraction of sp³-hybridized carbons (Fsp3) is 0.292. The Morgan fingerprint density at radius 2 is 1.81 bits per heavy atom. The van der Waals surface area contributed by atoms with E-state index in [4.69, 9.17) is 0 Å². The fourth-order valence-electron chi connectivity index (χ4n) is 3.94. The first-order chi connectivity index (χ1) is 13.1. The summed E-state index contributed by atoms with van der Waals surface area (Å²) in [6, 6.07) is 17.2. The largest absolute Gasteiger partial charge is 0.233 e. The van der Waals surface area contributed by atoms with Crippen molar-refractivity contribution >= 4 is 6.08 Å². The second kappa shape index (κ2) is 7.51. The molecule has 0 radical (unpaired) electrons. The van der Waals surface area contributed by atoms with E-state index >= 15 is 0 Å². The van der Waals surface area contributed by atoms with Crippen LogP contribution in [0.5, 0.6) is 0 Å². The second-order valence-electron chi connectivity index (χ2n) is 7.80. The minimum atomic E-state index is -0.224. The van der Waals surface area contributed by atoms with Gasteiger partial charge in [-0.25, -0.2) is 9.07 Å². The third-order valence-corrected chi connectivity index (χ3v) is 5.50. The molecule has 0 saturated carbocycles. The Morgan fingerprint density at radius 3 is 2.59 bits per heavy atom. The molecule has 138 valence electrons. The topological polar surface area (TPSA) is 17.8 Å². The molecule has 1 aliphatic rings. The number of rotatable bonds is 6. The molecule has 4 rings (SSSR count). The molecule has 0 amide bonds. The van der Waals surface area contributed by atoms with Gasteiger partial charge < -0.3 is 0 Å². The van der Waals surface area contributed by atoms with Crippen molar-refractivity contribution in [1.82, 2.24) is 9.78 Å². The first-order valence-electron chi connectivity index (χ1n) is 9.69. The van der Waals surface area contributed by atoms with E-state index in [0.717, 1.165) is 24.2 Å². The van der Waals surface area contributed by atoms with Gasteiger partial charge in [-0.15, -0.1) is 0 Å². The van der Waals surface area contributed by atoms with Gasteiger partial charge >= 0.3 is 0 Å². The maximum atomic E-state index is 13.2. The Balaban J connectivity index is 1.39. The zero-order valence-electron chi connectivity index (χ0n) is 15.7. The van der Waals surface area contributed by atoms with Crippen LogP contribution < -0.4 is 0 Å². The van der Waals surface area contributed by atoms with Crippen molar-refractivity contribution in [3.8, 4) is 5.69 Å². The number of fused-ring (bicyclic) bond motifs is 1. The Bertz CT molecular complexity index is 925. The Labute approximate surface area is 160 Å². The van der Waals surface area contributed by atoms with Gasteiger partial charge in [-0.3, -0.25) is 0 Å². The molecular formula is C24H25FN2. The molecule has 1 atom stereocenters. The maximum absolute atomic E-state index is 13.2. The maximum Gasteiger partial charge on any atom is 0.123 e. The molecule has 0 spiro atoms. The third-order valence-electron chi connectivity index (χ3n) is 5.50. The number of aryl methyl sites for hydroxylation is 1. The number of hydrogen-bond donors (Lipinski definition) is 0. The summed E-state index contributed by atoms with van der Waals surface area (Å²) in [5.41, 5.74) is 4.88. The van der Waals surface area contributed by atoms with Gasteiger partial charge in [-0.1, -0.05) is 49.8 Å². The lowest BCUT2D eigenvalue weighted by atomic mass is 9.76. The molecule has 2 nitrogen and oxygen atoms in total. The lowest BCUT2D eigenvalue weighted by molar-refractivity contribution is 0.369. The number of hydrogen-bond acceptors (Lipinski definition) is 1. The van der Waals surface area contributed by atoms with E-state index in [1.54, 1.807) is 12.1 Å². The number of allylic oxidation sites excluding steroid dienone is 1. The van der Waals surface area contributed by atoms with Crippen molar-refractivity contribution in [3.63, 3.8) is 0 Å². The smallest absolute Gasteiger partial charge is 0.123 e. The van der Waals surface area contributed by atoms with Crippen LogP contribution in [-0.2, 0) is 12.8 Å². The van der Waals surface area contributed by atoms with Crippen LogP contribution in [0.4, 0.5) is 4.39 Å². The average molecular weight is 360 g/mol. The molecule has 0 saturated heterocycles. The van der Waals surface area contributed by atoms with Gasteiger partial charge in [0.2, 0.25) is 0 Å². The highest BCUT2D eigenvalue weighted by Crippen LogP contribution is 2.37. The normalized spacial score (nSPS) is 18.4. The lowest BCUT2D eigenvalue weighted by Crippen LogP contribution is -2.20. The summed E-state index contributed by atoms with van der Waals surface area (Å²) in [5, 5.41) is 4.54. The molecule has 2 aromatic carbocycles. The molecule has 1 aliphatic carbocycles. The molecule has 1 heterocycles. The van der Waals surface area contributed by atoms with Crippen LogP contribution in [0.25, 0.3) is 11.8 Å². The summed E-state index contributed by atoms with van der Waals surface area (Å²) in [6.45, 7) is 2.34. The second-order valence-corrected chi connectivity index (χ2v) is 7.80. The molecular weight excluding hydrogens is 335 g/mol. The zero-order chi connectivity index (χ0) is 18.7. The van der Waals surface area contributed by atoms with Crippen LogP contribution in [-0.4, -0.2) is 9.78 Å². The summed E-state index contributed by atoms with van der Waals surface area (Å²) in [7, 11) is 0. The molecule has 1 unspecified atom stereocenters. The van der Waals surface area contributed by atoms with Crippen LogP contribution in [0.15, 0.2) is 66.9 Å². The quantitative estimate of drug-likeness (QED) is 0.493. The average Bonchev–Trinajstić information content (AvgIpc) is 3.09. The molecule has 0 fully saturated rings. The monoisotopic (exact) mass is 360 g/mol. The summed E-state index contributed by atoms with van der Waals surface area (Å²) < 4.78 is 15.1. The third kappa shape index (κ3) is 4.02. The van der Waals surface area contributed by atoms with Gasteiger partial charge in [0.15, 0.2) is 0 Å². The minimum absolute atomic E-state index is 0.181. The van der Waals surface area contributed by atoms with Crippen LogP contribution in [0.3, 0.4) is 0 Å². The number of aromatic nitrogens is 2. The van der Waals surface area contributed by atoms with Crippen LogP contribution in [0.1, 0.15) is 43.0 Å². The van der Waals surface area contributed by atoms with Crippen molar-refractivity contribution < 1.29 is 4.39 Å². The van der Waals surface area contributed by atoms with E-state index in [1.807, 2.05) is 10.9 Å². The Hall–Kier alpha value is -2.68. The predicted octanol–water partition coefficient (Wildman–Crippen LogP) is 6.00. The van der Waals surface area contributed by atoms with Crippen molar-refractivity contribution in [2.75, 3.05) is 0 Å². The van der Waals surface area contributed by atoms with Gasteiger partial charge in [-0.2, -0.15) is 5.10 Å². The highest BCUT2D eigenvalue weighted by atomic mass is 19.1. The Morgan fingerprint density at radius 1 is 1.04 bits per heavy atom.